The third-order valence-electron chi connectivity index (χ3n) is 4.05. The van der Waals surface area contributed by atoms with E-state index in [2.05, 4.69) is 15.9 Å². The van der Waals surface area contributed by atoms with Gasteiger partial charge < -0.3 is 15.1 Å². The van der Waals surface area contributed by atoms with E-state index in [0.29, 0.717) is 18.7 Å². The fraction of sp³-hybridized carbons (Fsp3) is 0.316. The van der Waals surface area contributed by atoms with Crippen molar-refractivity contribution in [3.63, 3.8) is 0 Å². The summed E-state index contributed by atoms with van der Waals surface area (Å²) in [6.07, 6.45) is 0.238. The fourth-order valence-electron chi connectivity index (χ4n) is 2.78. The molecule has 0 aliphatic heterocycles. The first-order chi connectivity index (χ1) is 11.6. The van der Waals surface area contributed by atoms with Crippen molar-refractivity contribution in [3.05, 3.63) is 64.1 Å². The second-order valence-electron chi connectivity index (χ2n) is 5.57. The first kappa shape index (κ1) is 18.5. The van der Waals surface area contributed by atoms with E-state index in [1.165, 1.54) is 0 Å². The molecular weight excluding hydrogens is 370 g/mol. The van der Waals surface area contributed by atoms with E-state index in [4.69, 9.17) is 5.11 Å². The second-order valence-corrected chi connectivity index (χ2v) is 6.48. The van der Waals surface area contributed by atoms with Gasteiger partial charge in [0, 0.05) is 35.5 Å². The van der Waals surface area contributed by atoms with Gasteiger partial charge in [0.1, 0.15) is 5.75 Å². The van der Waals surface area contributed by atoms with Crippen LogP contribution in [-0.2, 0) is 4.79 Å². The summed E-state index contributed by atoms with van der Waals surface area (Å²) in [5.74, 6) is -0.117. The number of phenols is 1. The van der Waals surface area contributed by atoms with E-state index >= 15 is 0 Å². The van der Waals surface area contributed by atoms with Gasteiger partial charge in [-0.1, -0.05) is 46.3 Å². The number of aromatic hydroxyl groups is 1. The minimum absolute atomic E-state index is 0.0419. The predicted octanol–water partition coefficient (Wildman–Crippen LogP) is 3.52. The van der Waals surface area contributed by atoms with E-state index in [1.807, 2.05) is 43.3 Å². The lowest BCUT2D eigenvalue weighted by Gasteiger charge is -2.24. The van der Waals surface area contributed by atoms with Gasteiger partial charge in [0.05, 0.1) is 6.61 Å². The van der Waals surface area contributed by atoms with Crippen molar-refractivity contribution < 1.29 is 15.0 Å². The summed E-state index contributed by atoms with van der Waals surface area (Å²) >= 11 is 3.43. The maximum Gasteiger partial charge on any atom is 0.223 e. The first-order valence-electron chi connectivity index (χ1n) is 7.98. The Hall–Kier alpha value is -1.85. The van der Waals surface area contributed by atoms with Crippen LogP contribution < -0.4 is 0 Å². The Balaban J connectivity index is 2.37. The van der Waals surface area contributed by atoms with Crippen LogP contribution in [0.4, 0.5) is 0 Å². The SMILES string of the molecule is CCN(CCO)C(=O)C[C@@H](c1ccccc1)c1cc(Br)ccc1O. The average molecular weight is 392 g/mol. The van der Waals surface area contributed by atoms with Crippen LogP contribution in [-0.4, -0.2) is 40.7 Å². The van der Waals surface area contributed by atoms with E-state index in [-0.39, 0.29) is 30.6 Å². The third kappa shape index (κ3) is 4.58. The summed E-state index contributed by atoms with van der Waals surface area (Å²) in [6.45, 7) is 2.70. The zero-order valence-corrected chi connectivity index (χ0v) is 15.2. The number of rotatable bonds is 7. The minimum Gasteiger partial charge on any atom is -0.508 e. The molecule has 2 aromatic rings. The molecule has 4 nitrogen and oxygen atoms in total. The molecule has 5 heteroatoms. The van der Waals surface area contributed by atoms with Crippen LogP contribution >= 0.6 is 15.9 Å². The van der Waals surface area contributed by atoms with Gasteiger partial charge in [-0.25, -0.2) is 0 Å². The molecule has 1 amide bonds. The van der Waals surface area contributed by atoms with Crippen molar-refractivity contribution >= 4 is 21.8 Å². The molecule has 0 saturated carbocycles. The fourth-order valence-corrected chi connectivity index (χ4v) is 3.16. The van der Waals surface area contributed by atoms with Gasteiger partial charge in [0.25, 0.3) is 0 Å². The number of halogens is 1. The molecule has 0 aromatic heterocycles. The monoisotopic (exact) mass is 391 g/mol. The summed E-state index contributed by atoms with van der Waals surface area (Å²) in [4.78, 5) is 14.3. The number of likely N-dealkylation sites (N-methyl/N-ethyl adjacent to an activating group) is 1. The highest BCUT2D eigenvalue weighted by Gasteiger charge is 2.23. The Morgan fingerprint density at radius 3 is 2.54 bits per heavy atom. The molecule has 1 atom stereocenters. The van der Waals surface area contributed by atoms with Gasteiger partial charge in [0.15, 0.2) is 0 Å². The molecule has 0 bridgehead atoms. The lowest BCUT2D eigenvalue weighted by Crippen LogP contribution is -2.34. The predicted molar refractivity (Wildman–Crippen MR) is 98.0 cm³/mol. The third-order valence-corrected chi connectivity index (χ3v) is 4.54. The first-order valence-corrected chi connectivity index (χ1v) is 8.78. The summed E-state index contributed by atoms with van der Waals surface area (Å²) in [7, 11) is 0. The molecule has 2 rings (SSSR count). The molecule has 24 heavy (non-hydrogen) atoms. The van der Waals surface area contributed by atoms with Crippen molar-refractivity contribution in [3.8, 4) is 5.75 Å². The zero-order valence-electron chi connectivity index (χ0n) is 13.7. The molecular formula is C19H22BrNO3. The number of benzene rings is 2. The number of carbonyl (C=O) groups excluding carboxylic acids is 1. The molecule has 0 radical (unpaired) electrons. The zero-order chi connectivity index (χ0) is 17.5. The Labute approximate surface area is 150 Å². The largest absolute Gasteiger partial charge is 0.508 e. The van der Waals surface area contributed by atoms with Crippen LogP contribution in [0.5, 0.6) is 5.75 Å². The number of aliphatic hydroxyl groups is 1. The number of carbonyl (C=O) groups is 1. The Morgan fingerprint density at radius 1 is 1.21 bits per heavy atom. The number of hydrogen-bond donors (Lipinski definition) is 2. The number of hydrogen-bond acceptors (Lipinski definition) is 3. The number of amides is 1. The van der Waals surface area contributed by atoms with Gasteiger partial charge in [-0.05, 0) is 30.7 Å². The van der Waals surface area contributed by atoms with Gasteiger partial charge in [-0.2, -0.15) is 0 Å². The molecule has 2 aromatic carbocycles. The molecule has 0 aliphatic rings. The van der Waals surface area contributed by atoms with Gasteiger partial charge in [-0.15, -0.1) is 0 Å². The van der Waals surface area contributed by atoms with Crippen LogP contribution in [0, 0.1) is 0 Å². The summed E-state index contributed by atoms with van der Waals surface area (Å²) in [6, 6.07) is 14.9. The van der Waals surface area contributed by atoms with Crippen LogP contribution in [0.15, 0.2) is 53.0 Å². The smallest absolute Gasteiger partial charge is 0.223 e. The summed E-state index contributed by atoms with van der Waals surface area (Å²) in [5.41, 5.74) is 1.68. The molecule has 128 valence electrons. The standard InChI is InChI=1S/C19H22BrNO3/c1-2-21(10-11-22)19(24)13-16(14-6-4-3-5-7-14)17-12-15(20)8-9-18(17)23/h3-9,12,16,22-23H,2,10-11,13H2,1H3/t16-/m0/s1. The molecule has 2 N–H and O–H groups in total. The Bertz CT molecular complexity index is 676. The molecule has 0 aliphatic carbocycles. The Morgan fingerprint density at radius 2 is 1.92 bits per heavy atom. The highest BCUT2D eigenvalue weighted by atomic mass is 79.9. The van der Waals surface area contributed by atoms with Crippen molar-refractivity contribution in [1.29, 1.82) is 0 Å². The van der Waals surface area contributed by atoms with Crippen LogP contribution in [0.1, 0.15) is 30.4 Å². The topological polar surface area (TPSA) is 60.8 Å². The van der Waals surface area contributed by atoms with E-state index < -0.39 is 0 Å². The van der Waals surface area contributed by atoms with Crippen LogP contribution in [0.2, 0.25) is 0 Å². The van der Waals surface area contributed by atoms with Gasteiger partial charge in [0.2, 0.25) is 5.91 Å². The van der Waals surface area contributed by atoms with Crippen molar-refractivity contribution in [1.82, 2.24) is 4.90 Å². The van der Waals surface area contributed by atoms with E-state index in [0.717, 1.165) is 10.0 Å². The van der Waals surface area contributed by atoms with Gasteiger partial charge >= 0.3 is 0 Å². The molecule has 0 saturated heterocycles. The number of phenolic OH excluding ortho intramolecular Hbond substituents is 1. The van der Waals surface area contributed by atoms with E-state index in [9.17, 15) is 9.90 Å². The number of nitrogens with zero attached hydrogens (tertiary/aromatic N) is 1. The summed E-state index contributed by atoms with van der Waals surface area (Å²) < 4.78 is 0.853. The minimum atomic E-state index is -0.246. The lowest BCUT2D eigenvalue weighted by atomic mass is 9.87. The van der Waals surface area contributed by atoms with Gasteiger partial charge in [-0.3, -0.25) is 4.79 Å². The Kier molecular flexibility index (Phi) is 6.82. The molecule has 0 heterocycles. The maximum atomic E-state index is 12.6. The second kappa shape index (κ2) is 8.85. The van der Waals surface area contributed by atoms with E-state index in [1.54, 1.807) is 17.0 Å². The highest BCUT2D eigenvalue weighted by molar-refractivity contribution is 9.10. The van der Waals surface area contributed by atoms with Crippen molar-refractivity contribution in [2.75, 3.05) is 19.7 Å². The lowest BCUT2D eigenvalue weighted by molar-refractivity contribution is -0.131. The molecule has 0 spiro atoms. The number of aliphatic hydroxyl groups excluding tert-OH is 1. The molecule has 0 unspecified atom stereocenters. The highest BCUT2D eigenvalue weighted by Crippen LogP contribution is 2.36. The average Bonchev–Trinajstić information content (AvgIpc) is 2.60. The van der Waals surface area contributed by atoms with Crippen molar-refractivity contribution in [2.45, 2.75) is 19.3 Å². The quantitative estimate of drug-likeness (QED) is 0.758. The summed E-state index contributed by atoms with van der Waals surface area (Å²) in [5, 5.41) is 19.4. The van der Waals surface area contributed by atoms with Crippen LogP contribution in [0.3, 0.4) is 0 Å². The molecule has 0 fully saturated rings. The normalized spacial score (nSPS) is 12.0. The van der Waals surface area contributed by atoms with Crippen molar-refractivity contribution in [2.24, 2.45) is 0 Å². The van der Waals surface area contributed by atoms with Crippen LogP contribution in [0.25, 0.3) is 0 Å². The maximum absolute atomic E-state index is 12.6.